The quantitative estimate of drug-likeness (QED) is 0.602. The number of aliphatic hydroxyl groups is 1. The molecule has 1 rings (SSSR count). The molecule has 3 nitrogen and oxygen atoms in total. The largest absolute Gasteiger partial charge is 0.388 e. The van der Waals surface area contributed by atoms with Crippen LogP contribution in [0.25, 0.3) is 0 Å². The van der Waals surface area contributed by atoms with E-state index in [1.54, 1.807) is 0 Å². The molecule has 0 aromatic heterocycles. The zero-order valence-corrected chi connectivity index (χ0v) is 6.75. The second-order valence-electron chi connectivity index (χ2n) is 2.91. The van der Waals surface area contributed by atoms with Gasteiger partial charge in [-0.3, -0.25) is 0 Å². The third kappa shape index (κ3) is 2.61. The van der Waals surface area contributed by atoms with Crippen molar-refractivity contribution in [1.82, 2.24) is 0 Å². The van der Waals surface area contributed by atoms with Crippen molar-refractivity contribution in [2.45, 2.75) is 19.1 Å². The predicted molar refractivity (Wildman–Crippen MR) is 41.4 cm³/mol. The van der Waals surface area contributed by atoms with Crippen LogP contribution in [-0.2, 0) is 9.47 Å². The Morgan fingerprint density at radius 2 is 2.45 bits per heavy atom. The van der Waals surface area contributed by atoms with Crippen LogP contribution in [0.5, 0.6) is 0 Å². The third-order valence-electron chi connectivity index (χ3n) is 1.54. The lowest BCUT2D eigenvalue weighted by Gasteiger charge is -2.12. The highest BCUT2D eigenvalue weighted by molar-refractivity contribution is 4.88. The van der Waals surface area contributed by atoms with Gasteiger partial charge in [-0.05, 0) is 6.92 Å². The van der Waals surface area contributed by atoms with Crippen molar-refractivity contribution >= 4 is 0 Å². The zero-order valence-electron chi connectivity index (χ0n) is 6.75. The predicted octanol–water partition coefficient (Wildman–Crippen LogP) is 0.339. The Hall–Kier alpha value is -0.380. The Labute approximate surface area is 66.6 Å². The molecule has 2 unspecified atom stereocenters. The number of ether oxygens (including phenoxy) is 2. The molecular formula is C8H14O3. The summed E-state index contributed by atoms with van der Waals surface area (Å²) in [5.41, 5.74) is 0.962. The van der Waals surface area contributed by atoms with Crippen molar-refractivity contribution in [2.24, 2.45) is 0 Å². The van der Waals surface area contributed by atoms with Gasteiger partial charge in [-0.1, -0.05) is 12.2 Å². The average molecular weight is 158 g/mol. The van der Waals surface area contributed by atoms with Gasteiger partial charge in [-0.25, -0.2) is 0 Å². The van der Waals surface area contributed by atoms with Gasteiger partial charge in [0.05, 0.1) is 19.8 Å². The Balaban J connectivity index is 2.20. The van der Waals surface area contributed by atoms with Crippen LogP contribution in [0.4, 0.5) is 0 Å². The summed E-state index contributed by atoms with van der Waals surface area (Å²) in [6, 6.07) is 0. The molecule has 3 heteroatoms. The lowest BCUT2D eigenvalue weighted by molar-refractivity contribution is 0.00103. The van der Waals surface area contributed by atoms with E-state index >= 15 is 0 Å². The summed E-state index contributed by atoms with van der Waals surface area (Å²) in [5, 5.41) is 9.22. The van der Waals surface area contributed by atoms with E-state index in [0.717, 1.165) is 5.57 Å². The van der Waals surface area contributed by atoms with Crippen LogP contribution >= 0.6 is 0 Å². The minimum Gasteiger partial charge on any atom is -0.388 e. The number of hydrogen-bond donors (Lipinski definition) is 1. The summed E-state index contributed by atoms with van der Waals surface area (Å²) in [4.78, 5) is 0. The second kappa shape index (κ2) is 3.85. The Kier molecular flexibility index (Phi) is 3.05. The van der Waals surface area contributed by atoms with Gasteiger partial charge in [0.15, 0.2) is 0 Å². The molecule has 0 aromatic carbocycles. The van der Waals surface area contributed by atoms with Gasteiger partial charge in [0.1, 0.15) is 12.2 Å². The summed E-state index contributed by atoms with van der Waals surface area (Å²) in [7, 11) is 0. The molecule has 1 fully saturated rings. The number of rotatable bonds is 3. The fraction of sp³-hybridized carbons (Fsp3) is 0.750. The summed E-state index contributed by atoms with van der Waals surface area (Å²) in [6.45, 7) is 6.97. The fourth-order valence-electron chi connectivity index (χ4n) is 0.932. The SMILES string of the molecule is C=C(C)COC1COCC1O. The first-order chi connectivity index (χ1) is 5.20. The monoisotopic (exact) mass is 158 g/mol. The molecule has 1 aliphatic rings. The highest BCUT2D eigenvalue weighted by atomic mass is 16.6. The molecule has 1 heterocycles. The van der Waals surface area contributed by atoms with Crippen molar-refractivity contribution in [3.05, 3.63) is 12.2 Å². The Morgan fingerprint density at radius 1 is 1.73 bits per heavy atom. The Bertz CT molecular complexity index is 144. The van der Waals surface area contributed by atoms with Crippen LogP contribution in [0, 0.1) is 0 Å². The third-order valence-corrected chi connectivity index (χ3v) is 1.54. The van der Waals surface area contributed by atoms with Crippen molar-refractivity contribution in [1.29, 1.82) is 0 Å². The van der Waals surface area contributed by atoms with E-state index < -0.39 is 6.10 Å². The Morgan fingerprint density at radius 3 is 2.91 bits per heavy atom. The summed E-state index contributed by atoms with van der Waals surface area (Å²) in [5.74, 6) is 0. The fourth-order valence-corrected chi connectivity index (χ4v) is 0.932. The van der Waals surface area contributed by atoms with Gasteiger partial charge >= 0.3 is 0 Å². The van der Waals surface area contributed by atoms with E-state index in [4.69, 9.17) is 9.47 Å². The highest BCUT2D eigenvalue weighted by Crippen LogP contribution is 2.09. The molecule has 1 saturated heterocycles. The molecule has 0 aliphatic carbocycles. The maximum atomic E-state index is 9.22. The molecule has 0 amide bonds. The summed E-state index contributed by atoms with van der Waals surface area (Å²) >= 11 is 0. The molecule has 0 aromatic rings. The maximum absolute atomic E-state index is 9.22. The lowest BCUT2D eigenvalue weighted by atomic mass is 10.2. The first-order valence-corrected chi connectivity index (χ1v) is 3.72. The molecule has 1 aliphatic heterocycles. The highest BCUT2D eigenvalue weighted by Gasteiger charge is 2.26. The standard InChI is InChI=1S/C8H14O3/c1-6(2)3-11-8-5-10-4-7(8)9/h7-9H,1,3-5H2,2H3. The van der Waals surface area contributed by atoms with E-state index in [0.29, 0.717) is 19.8 Å². The number of aliphatic hydroxyl groups excluding tert-OH is 1. The van der Waals surface area contributed by atoms with Crippen LogP contribution < -0.4 is 0 Å². The molecule has 11 heavy (non-hydrogen) atoms. The molecule has 64 valence electrons. The van der Waals surface area contributed by atoms with Crippen molar-refractivity contribution in [2.75, 3.05) is 19.8 Å². The first kappa shape index (κ1) is 8.71. The summed E-state index contributed by atoms with van der Waals surface area (Å²) < 4.78 is 10.3. The topological polar surface area (TPSA) is 38.7 Å². The van der Waals surface area contributed by atoms with Crippen molar-refractivity contribution in [3.63, 3.8) is 0 Å². The molecule has 0 saturated carbocycles. The normalized spacial score (nSPS) is 30.7. The van der Waals surface area contributed by atoms with Crippen LogP contribution in [0.3, 0.4) is 0 Å². The molecule has 0 radical (unpaired) electrons. The minimum absolute atomic E-state index is 0.160. The smallest absolute Gasteiger partial charge is 0.109 e. The van der Waals surface area contributed by atoms with Gasteiger partial charge in [0.25, 0.3) is 0 Å². The maximum Gasteiger partial charge on any atom is 0.109 e. The lowest BCUT2D eigenvalue weighted by Crippen LogP contribution is -2.27. The molecular weight excluding hydrogens is 144 g/mol. The van der Waals surface area contributed by atoms with E-state index in [9.17, 15) is 5.11 Å². The van der Waals surface area contributed by atoms with Gasteiger partial charge in [-0.2, -0.15) is 0 Å². The van der Waals surface area contributed by atoms with Crippen molar-refractivity contribution < 1.29 is 14.6 Å². The van der Waals surface area contributed by atoms with Crippen LogP contribution in [-0.4, -0.2) is 37.1 Å². The molecule has 2 atom stereocenters. The van der Waals surface area contributed by atoms with Gasteiger partial charge in [-0.15, -0.1) is 0 Å². The summed E-state index contributed by atoms with van der Waals surface area (Å²) in [6.07, 6.45) is -0.624. The average Bonchev–Trinajstić information content (AvgIpc) is 2.31. The van der Waals surface area contributed by atoms with Crippen LogP contribution in [0.2, 0.25) is 0 Å². The molecule has 0 spiro atoms. The van der Waals surface area contributed by atoms with Gasteiger partial charge in [0, 0.05) is 0 Å². The van der Waals surface area contributed by atoms with Crippen LogP contribution in [0.15, 0.2) is 12.2 Å². The first-order valence-electron chi connectivity index (χ1n) is 3.72. The van der Waals surface area contributed by atoms with E-state index in [1.807, 2.05) is 6.92 Å². The van der Waals surface area contributed by atoms with E-state index in [-0.39, 0.29) is 6.10 Å². The van der Waals surface area contributed by atoms with Gasteiger partial charge < -0.3 is 14.6 Å². The number of hydrogen-bond acceptors (Lipinski definition) is 3. The second-order valence-corrected chi connectivity index (χ2v) is 2.91. The molecule has 1 N–H and O–H groups in total. The zero-order chi connectivity index (χ0) is 8.27. The molecule has 0 bridgehead atoms. The van der Waals surface area contributed by atoms with E-state index in [1.165, 1.54) is 0 Å². The van der Waals surface area contributed by atoms with Crippen LogP contribution in [0.1, 0.15) is 6.92 Å². The van der Waals surface area contributed by atoms with E-state index in [2.05, 4.69) is 6.58 Å². The van der Waals surface area contributed by atoms with Gasteiger partial charge in [0.2, 0.25) is 0 Å². The minimum atomic E-state index is -0.464. The van der Waals surface area contributed by atoms with Crippen molar-refractivity contribution in [3.8, 4) is 0 Å².